The number of rotatable bonds is 10. The summed E-state index contributed by atoms with van der Waals surface area (Å²) in [6.45, 7) is 4.66. The summed E-state index contributed by atoms with van der Waals surface area (Å²) in [7, 11) is 0. The van der Waals surface area contributed by atoms with Crippen molar-refractivity contribution in [3.05, 3.63) is 131 Å². The molecule has 0 spiro atoms. The zero-order valence-corrected chi connectivity index (χ0v) is 20.7. The third-order valence-corrected chi connectivity index (χ3v) is 6.63. The van der Waals surface area contributed by atoms with Gasteiger partial charge in [0.2, 0.25) is 5.91 Å². The molecule has 182 valence electrons. The van der Waals surface area contributed by atoms with Crippen LogP contribution in [0.4, 0.5) is 4.39 Å². The first kappa shape index (κ1) is 25.1. The summed E-state index contributed by atoms with van der Waals surface area (Å²) in [5.74, 6) is -0.750. The van der Waals surface area contributed by atoms with Gasteiger partial charge in [0, 0.05) is 23.5 Å². The van der Waals surface area contributed by atoms with E-state index in [1.807, 2.05) is 60.0 Å². The number of hydrogen-bond donors (Lipinski definition) is 0. The average molecular weight is 499 g/mol. The number of hydrogen-bond acceptors (Lipinski definition) is 3. The Bertz CT molecular complexity index is 1290. The van der Waals surface area contributed by atoms with Gasteiger partial charge >= 0.3 is 0 Å². The van der Waals surface area contributed by atoms with Crippen LogP contribution in [-0.4, -0.2) is 34.7 Å². The highest BCUT2D eigenvalue weighted by Crippen LogP contribution is 2.20. The van der Waals surface area contributed by atoms with Crippen LogP contribution in [0.25, 0.3) is 11.1 Å². The summed E-state index contributed by atoms with van der Waals surface area (Å²) >= 11 is 1.56. The van der Waals surface area contributed by atoms with Gasteiger partial charge in [0.15, 0.2) is 0 Å². The molecular weight excluding hydrogens is 471 g/mol. The molecule has 4 aromatic rings. The predicted molar refractivity (Wildman–Crippen MR) is 143 cm³/mol. The van der Waals surface area contributed by atoms with Crippen LogP contribution in [0.15, 0.2) is 109 Å². The van der Waals surface area contributed by atoms with Crippen LogP contribution in [0, 0.1) is 5.82 Å². The predicted octanol–water partition coefficient (Wildman–Crippen LogP) is 6.41. The SMILES string of the molecule is C=CCN(CC(=O)N(Cc1ccc(F)cc1)Cc1cccs1)C(=O)c1ccc(-c2ccccc2)cc1. The van der Waals surface area contributed by atoms with Gasteiger partial charge in [-0.25, -0.2) is 4.39 Å². The molecule has 1 aromatic heterocycles. The molecule has 6 heteroatoms. The van der Waals surface area contributed by atoms with Crippen molar-refractivity contribution in [3.63, 3.8) is 0 Å². The van der Waals surface area contributed by atoms with Crippen molar-refractivity contribution in [1.82, 2.24) is 9.80 Å². The Hall–Kier alpha value is -4.03. The van der Waals surface area contributed by atoms with Crippen molar-refractivity contribution in [3.8, 4) is 11.1 Å². The van der Waals surface area contributed by atoms with Crippen molar-refractivity contribution in [2.75, 3.05) is 13.1 Å². The van der Waals surface area contributed by atoms with Crippen LogP contribution in [0.3, 0.4) is 0 Å². The number of carbonyl (C=O) groups is 2. The maximum absolute atomic E-state index is 13.4. The first-order valence-corrected chi connectivity index (χ1v) is 12.5. The topological polar surface area (TPSA) is 40.6 Å². The lowest BCUT2D eigenvalue weighted by Crippen LogP contribution is -2.42. The molecule has 0 bridgehead atoms. The molecule has 4 nitrogen and oxygen atoms in total. The van der Waals surface area contributed by atoms with E-state index in [1.165, 1.54) is 17.0 Å². The summed E-state index contributed by atoms with van der Waals surface area (Å²) in [4.78, 5) is 31.0. The molecule has 0 aliphatic rings. The highest BCUT2D eigenvalue weighted by molar-refractivity contribution is 7.09. The largest absolute Gasteiger partial charge is 0.332 e. The van der Waals surface area contributed by atoms with Gasteiger partial charge in [0.05, 0.1) is 6.54 Å². The van der Waals surface area contributed by atoms with Crippen LogP contribution < -0.4 is 0 Å². The van der Waals surface area contributed by atoms with Crippen LogP contribution in [0.2, 0.25) is 0 Å². The van der Waals surface area contributed by atoms with Crippen molar-refractivity contribution >= 4 is 23.2 Å². The Morgan fingerprint density at radius 1 is 0.806 bits per heavy atom. The van der Waals surface area contributed by atoms with Gasteiger partial charge in [0.1, 0.15) is 12.4 Å². The van der Waals surface area contributed by atoms with Gasteiger partial charge in [-0.2, -0.15) is 0 Å². The maximum atomic E-state index is 13.4. The molecular formula is C30H27FN2O2S. The second-order valence-electron chi connectivity index (χ2n) is 8.37. The fourth-order valence-electron chi connectivity index (χ4n) is 3.89. The molecule has 36 heavy (non-hydrogen) atoms. The number of carbonyl (C=O) groups excluding carboxylic acids is 2. The quantitative estimate of drug-likeness (QED) is 0.237. The smallest absolute Gasteiger partial charge is 0.254 e. The van der Waals surface area contributed by atoms with E-state index in [1.54, 1.807) is 46.6 Å². The number of halogens is 1. The summed E-state index contributed by atoms with van der Waals surface area (Å²) in [6, 6.07) is 27.3. The van der Waals surface area contributed by atoms with E-state index >= 15 is 0 Å². The molecule has 1 heterocycles. The second-order valence-corrected chi connectivity index (χ2v) is 9.41. The van der Waals surface area contributed by atoms with Crippen molar-refractivity contribution in [2.45, 2.75) is 13.1 Å². The second kappa shape index (κ2) is 12.1. The van der Waals surface area contributed by atoms with E-state index in [0.29, 0.717) is 18.7 Å². The molecule has 0 saturated carbocycles. The van der Waals surface area contributed by atoms with Crippen molar-refractivity contribution in [1.29, 1.82) is 0 Å². The van der Waals surface area contributed by atoms with Gasteiger partial charge in [-0.3, -0.25) is 9.59 Å². The van der Waals surface area contributed by atoms with E-state index in [4.69, 9.17) is 0 Å². The fourth-order valence-corrected chi connectivity index (χ4v) is 4.61. The molecule has 2 amide bonds. The van der Waals surface area contributed by atoms with Crippen molar-refractivity contribution in [2.24, 2.45) is 0 Å². The average Bonchev–Trinajstić information content (AvgIpc) is 3.43. The Balaban J connectivity index is 1.50. The minimum atomic E-state index is -0.323. The molecule has 0 N–H and O–H groups in total. The molecule has 0 aliphatic heterocycles. The van der Waals surface area contributed by atoms with E-state index in [-0.39, 0.29) is 30.7 Å². The van der Waals surface area contributed by atoms with Crippen LogP contribution in [0.5, 0.6) is 0 Å². The lowest BCUT2D eigenvalue weighted by atomic mass is 10.0. The molecule has 0 saturated heterocycles. The van der Waals surface area contributed by atoms with Gasteiger partial charge in [0.25, 0.3) is 5.91 Å². The summed E-state index contributed by atoms with van der Waals surface area (Å²) in [5.41, 5.74) is 3.41. The monoisotopic (exact) mass is 498 g/mol. The molecule has 0 unspecified atom stereocenters. The first-order chi connectivity index (χ1) is 17.5. The summed E-state index contributed by atoms with van der Waals surface area (Å²) < 4.78 is 13.4. The molecule has 4 rings (SSSR count). The van der Waals surface area contributed by atoms with E-state index in [9.17, 15) is 14.0 Å². The van der Waals surface area contributed by atoms with Gasteiger partial charge in [-0.1, -0.05) is 66.7 Å². The first-order valence-electron chi connectivity index (χ1n) is 11.6. The molecule has 0 aliphatic carbocycles. The number of benzene rings is 3. The standard InChI is InChI=1S/C30H27FN2O2S/c1-2-18-32(30(35)26-14-12-25(13-15-26)24-7-4-3-5-8-24)22-29(34)33(21-28-9-6-19-36-28)20-23-10-16-27(31)17-11-23/h2-17,19H,1,18,20-22H2. The highest BCUT2D eigenvalue weighted by atomic mass is 32.1. The van der Waals surface area contributed by atoms with E-state index < -0.39 is 0 Å². The zero-order chi connectivity index (χ0) is 25.3. The van der Waals surface area contributed by atoms with E-state index in [2.05, 4.69) is 6.58 Å². The van der Waals surface area contributed by atoms with Crippen LogP contribution >= 0.6 is 11.3 Å². The molecule has 0 atom stereocenters. The number of amides is 2. The van der Waals surface area contributed by atoms with Crippen LogP contribution in [0.1, 0.15) is 20.8 Å². The minimum absolute atomic E-state index is 0.0855. The highest BCUT2D eigenvalue weighted by Gasteiger charge is 2.22. The normalized spacial score (nSPS) is 10.6. The van der Waals surface area contributed by atoms with Gasteiger partial charge in [-0.05, 0) is 52.4 Å². The number of nitrogens with zero attached hydrogens (tertiary/aromatic N) is 2. The Morgan fingerprint density at radius 2 is 1.50 bits per heavy atom. The Kier molecular flexibility index (Phi) is 8.42. The fraction of sp³-hybridized carbons (Fsp3) is 0.133. The van der Waals surface area contributed by atoms with Crippen LogP contribution in [-0.2, 0) is 17.9 Å². The Labute approximate surface area is 214 Å². The lowest BCUT2D eigenvalue weighted by Gasteiger charge is -2.27. The Morgan fingerprint density at radius 3 is 2.14 bits per heavy atom. The number of thiophene rings is 1. The lowest BCUT2D eigenvalue weighted by molar-refractivity contribution is -0.133. The zero-order valence-electron chi connectivity index (χ0n) is 19.8. The molecule has 0 fully saturated rings. The van der Waals surface area contributed by atoms with Gasteiger partial charge < -0.3 is 9.80 Å². The third kappa shape index (κ3) is 6.55. The van der Waals surface area contributed by atoms with Crippen molar-refractivity contribution < 1.29 is 14.0 Å². The summed E-state index contributed by atoms with van der Waals surface area (Å²) in [6.07, 6.45) is 1.62. The summed E-state index contributed by atoms with van der Waals surface area (Å²) in [5, 5.41) is 1.96. The third-order valence-electron chi connectivity index (χ3n) is 5.77. The minimum Gasteiger partial charge on any atom is -0.332 e. The molecule has 3 aromatic carbocycles. The molecule has 0 radical (unpaired) electrons. The maximum Gasteiger partial charge on any atom is 0.254 e. The van der Waals surface area contributed by atoms with Gasteiger partial charge in [-0.15, -0.1) is 17.9 Å². The van der Waals surface area contributed by atoms with E-state index in [0.717, 1.165) is 21.6 Å².